The van der Waals surface area contributed by atoms with Gasteiger partial charge in [-0.3, -0.25) is 0 Å². The lowest BCUT2D eigenvalue weighted by Gasteiger charge is -2.19. The smallest absolute Gasteiger partial charge is 0.108 e. The van der Waals surface area contributed by atoms with Crippen molar-refractivity contribution in [3.63, 3.8) is 0 Å². The third-order valence-electron chi connectivity index (χ3n) is 1.87. The van der Waals surface area contributed by atoms with Gasteiger partial charge in [0, 0.05) is 0 Å². The summed E-state index contributed by atoms with van der Waals surface area (Å²) in [6, 6.07) is 9.71. The summed E-state index contributed by atoms with van der Waals surface area (Å²) in [6.45, 7) is 1.84. The van der Waals surface area contributed by atoms with E-state index >= 15 is 0 Å². The van der Waals surface area contributed by atoms with Gasteiger partial charge in [-0.2, -0.15) is 0 Å². The van der Waals surface area contributed by atoms with Crippen LogP contribution in [-0.4, -0.2) is 29.0 Å². The molecule has 0 bridgehead atoms. The van der Waals surface area contributed by atoms with Crippen LogP contribution in [0, 0.1) is 0 Å². The fourth-order valence-corrected chi connectivity index (χ4v) is 1.01. The van der Waals surface area contributed by atoms with Crippen molar-refractivity contribution in [2.24, 2.45) is 0 Å². The van der Waals surface area contributed by atoms with Gasteiger partial charge in [-0.1, -0.05) is 30.3 Å². The van der Waals surface area contributed by atoms with Gasteiger partial charge in [0.05, 0.1) is 19.8 Å². The van der Waals surface area contributed by atoms with Crippen molar-refractivity contribution in [3.8, 4) is 0 Å². The summed E-state index contributed by atoms with van der Waals surface area (Å²) in [5.74, 6) is 0. The van der Waals surface area contributed by atoms with E-state index in [4.69, 9.17) is 9.84 Å². The van der Waals surface area contributed by atoms with Crippen LogP contribution < -0.4 is 0 Å². The molecule has 3 nitrogen and oxygen atoms in total. The highest BCUT2D eigenvalue weighted by Crippen LogP contribution is 2.05. The minimum atomic E-state index is -1.14. The van der Waals surface area contributed by atoms with Crippen LogP contribution in [0.25, 0.3) is 0 Å². The lowest BCUT2D eigenvalue weighted by atomic mass is 10.1. The summed E-state index contributed by atoms with van der Waals surface area (Å²) in [5.41, 5.74) is -0.0874. The zero-order valence-corrected chi connectivity index (χ0v) is 8.31. The molecule has 3 heteroatoms. The zero-order chi connectivity index (χ0) is 10.4. The maximum Gasteiger partial charge on any atom is 0.108 e. The van der Waals surface area contributed by atoms with Gasteiger partial charge in [-0.05, 0) is 12.5 Å². The molecule has 0 radical (unpaired) electrons. The summed E-state index contributed by atoms with van der Waals surface area (Å²) < 4.78 is 5.27. The molecule has 78 valence electrons. The number of benzene rings is 1. The Morgan fingerprint density at radius 3 is 2.50 bits per heavy atom. The minimum Gasteiger partial charge on any atom is -0.393 e. The molecule has 0 heterocycles. The SMILES string of the molecule is C[C@@](O)(CO)COCc1ccccc1. The average Bonchev–Trinajstić information content (AvgIpc) is 2.19. The van der Waals surface area contributed by atoms with E-state index in [1.807, 2.05) is 30.3 Å². The lowest BCUT2D eigenvalue weighted by Crippen LogP contribution is -2.34. The first kappa shape index (κ1) is 11.2. The normalized spacial score (nSPS) is 15.1. The van der Waals surface area contributed by atoms with Crippen LogP contribution in [0.1, 0.15) is 12.5 Å². The van der Waals surface area contributed by atoms with E-state index in [1.54, 1.807) is 0 Å². The van der Waals surface area contributed by atoms with E-state index in [2.05, 4.69) is 0 Å². The van der Waals surface area contributed by atoms with E-state index < -0.39 is 5.60 Å². The standard InChI is InChI=1S/C11H16O3/c1-11(13,8-12)9-14-7-10-5-3-2-4-6-10/h2-6,12-13H,7-9H2,1H3/t11-/m1/s1. The molecule has 0 spiro atoms. The van der Waals surface area contributed by atoms with Crippen LogP contribution in [0.4, 0.5) is 0 Å². The molecule has 1 rings (SSSR count). The summed E-state index contributed by atoms with van der Waals surface area (Å²) >= 11 is 0. The summed E-state index contributed by atoms with van der Waals surface area (Å²) in [5, 5.41) is 18.2. The van der Waals surface area contributed by atoms with Gasteiger partial charge in [0.1, 0.15) is 5.60 Å². The van der Waals surface area contributed by atoms with Crippen LogP contribution in [-0.2, 0) is 11.3 Å². The summed E-state index contributed by atoms with van der Waals surface area (Å²) in [4.78, 5) is 0. The monoisotopic (exact) mass is 196 g/mol. The van der Waals surface area contributed by atoms with Gasteiger partial charge < -0.3 is 14.9 Å². The maximum absolute atomic E-state index is 9.43. The number of aliphatic hydroxyl groups is 2. The fraction of sp³-hybridized carbons (Fsp3) is 0.455. The average molecular weight is 196 g/mol. The molecule has 1 aromatic carbocycles. The van der Waals surface area contributed by atoms with Crippen LogP contribution in [0.3, 0.4) is 0 Å². The number of aliphatic hydroxyl groups excluding tert-OH is 1. The lowest BCUT2D eigenvalue weighted by molar-refractivity contribution is -0.0694. The molecule has 0 aliphatic carbocycles. The van der Waals surface area contributed by atoms with Crippen molar-refractivity contribution < 1.29 is 14.9 Å². The van der Waals surface area contributed by atoms with Crippen molar-refractivity contribution in [3.05, 3.63) is 35.9 Å². The summed E-state index contributed by atoms with van der Waals surface area (Å²) in [7, 11) is 0. The van der Waals surface area contributed by atoms with Crippen LogP contribution in [0.15, 0.2) is 30.3 Å². The van der Waals surface area contributed by atoms with E-state index in [-0.39, 0.29) is 13.2 Å². The molecule has 0 aliphatic rings. The second-order valence-corrected chi connectivity index (χ2v) is 3.63. The maximum atomic E-state index is 9.43. The van der Waals surface area contributed by atoms with Gasteiger partial charge in [0.25, 0.3) is 0 Å². The Kier molecular flexibility index (Phi) is 4.07. The van der Waals surface area contributed by atoms with Gasteiger partial charge in [-0.25, -0.2) is 0 Å². The first-order valence-electron chi connectivity index (χ1n) is 4.59. The second-order valence-electron chi connectivity index (χ2n) is 3.63. The third-order valence-corrected chi connectivity index (χ3v) is 1.87. The Labute approximate surface area is 84.0 Å². The second kappa shape index (κ2) is 5.10. The Morgan fingerprint density at radius 1 is 1.29 bits per heavy atom. The molecular weight excluding hydrogens is 180 g/mol. The molecule has 0 aliphatic heterocycles. The quantitative estimate of drug-likeness (QED) is 0.737. The molecule has 0 saturated heterocycles. The van der Waals surface area contributed by atoms with Crippen molar-refractivity contribution in [2.45, 2.75) is 19.1 Å². The zero-order valence-electron chi connectivity index (χ0n) is 8.31. The van der Waals surface area contributed by atoms with Crippen LogP contribution >= 0.6 is 0 Å². The summed E-state index contributed by atoms with van der Waals surface area (Å²) in [6.07, 6.45) is 0. The van der Waals surface area contributed by atoms with Crippen molar-refractivity contribution >= 4 is 0 Å². The Bertz CT molecular complexity index is 256. The van der Waals surface area contributed by atoms with Gasteiger partial charge in [0.15, 0.2) is 0 Å². The van der Waals surface area contributed by atoms with Crippen molar-refractivity contribution in [1.29, 1.82) is 0 Å². The number of rotatable bonds is 5. The predicted molar refractivity (Wildman–Crippen MR) is 53.8 cm³/mol. The van der Waals surface area contributed by atoms with E-state index in [1.165, 1.54) is 6.92 Å². The fourth-order valence-electron chi connectivity index (χ4n) is 1.01. The van der Waals surface area contributed by atoms with Crippen molar-refractivity contribution in [1.82, 2.24) is 0 Å². The van der Waals surface area contributed by atoms with Gasteiger partial charge in [0.2, 0.25) is 0 Å². The Balaban J connectivity index is 2.29. The highest BCUT2D eigenvalue weighted by Gasteiger charge is 2.18. The molecule has 1 aromatic rings. The predicted octanol–water partition coefficient (Wildman–Crippen LogP) is 0.946. The minimum absolute atomic E-state index is 0.137. The van der Waals surface area contributed by atoms with Crippen LogP contribution in [0.2, 0.25) is 0 Å². The third kappa shape index (κ3) is 3.87. The van der Waals surface area contributed by atoms with Gasteiger partial charge in [-0.15, -0.1) is 0 Å². The largest absolute Gasteiger partial charge is 0.393 e. The molecule has 0 amide bonds. The van der Waals surface area contributed by atoms with E-state index in [0.717, 1.165) is 5.56 Å². The number of hydrogen-bond acceptors (Lipinski definition) is 3. The van der Waals surface area contributed by atoms with Crippen molar-refractivity contribution in [2.75, 3.05) is 13.2 Å². The number of ether oxygens (including phenoxy) is 1. The Hall–Kier alpha value is -0.900. The topological polar surface area (TPSA) is 49.7 Å². The molecule has 14 heavy (non-hydrogen) atoms. The molecule has 0 fully saturated rings. The molecule has 1 atom stereocenters. The van der Waals surface area contributed by atoms with Crippen LogP contribution in [0.5, 0.6) is 0 Å². The highest BCUT2D eigenvalue weighted by molar-refractivity contribution is 5.13. The van der Waals surface area contributed by atoms with E-state index in [9.17, 15) is 5.11 Å². The first-order chi connectivity index (χ1) is 6.64. The highest BCUT2D eigenvalue weighted by atomic mass is 16.5. The molecule has 0 saturated carbocycles. The first-order valence-corrected chi connectivity index (χ1v) is 4.59. The number of hydrogen-bond donors (Lipinski definition) is 2. The molecule has 0 aromatic heterocycles. The van der Waals surface area contributed by atoms with E-state index in [0.29, 0.717) is 6.61 Å². The molecule has 0 unspecified atom stereocenters. The Morgan fingerprint density at radius 2 is 1.93 bits per heavy atom. The molecular formula is C11H16O3. The van der Waals surface area contributed by atoms with Gasteiger partial charge >= 0.3 is 0 Å². The molecule has 2 N–H and O–H groups in total.